The molecular formula is C14H20BrFN2. The van der Waals surface area contributed by atoms with Crippen molar-refractivity contribution in [3.63, 3.8) is 0 Å². The quantitative estimate of drug-likeness (QED) is 0.928. The van der Waals surface area contributed by atoms with Crippen LogP contribution in [0.3, 0.4) is 0 Å². The van der Waals surface area contributed by atoms with E-state index >= 15 is 0 Å². The van der Waals surface area contributed by atoms with Crippen molar-refractivity contribution in [1.29, 1.82) is 0 Å². The Bertz CT molecular complexity index is 411. The van der Waals surface area contributed by atoms with Gasteiger partial charge in [0.15, 0.2) is 0 Å². The molecule has 0 aliphatic carbocycles. The maximum Gasteiger partial charge on any atom is 0.123 e. The van der Waals surface area contributed by atoms with E-state index < -0.39 is 0 Å². The summed E-state index contributed by atoms with van der Waals surface area (Å²) in [6.45, 7) is 4.75. The molecule has 0 saturated carbocycles. The van der Waals surface area contributed by atoms with Gasteiger partial charge in [0.25, 0.3) is 0 Å². The summed E-state index contributed by atoms with van der Waals surface area (Å²) in [6.07, 6.45) is 2.44. The number of hydrogen-bond acceptors (Lipinski definition) is 2. The van der Waals surface area contributed by atoms with Crippen molar-refractivity contribution in [2.24, 2.45) is 11.7 Å². The van der Waals surface area contributed by atoms with Crippen LogP contribution >= 0.6 is 15.9 Å². The minimum absolute atomic E-state index is 0.178. The predicted octanol–water partition coefficient (Wildman–Crippen LogP) is 3.15. The van der Waals surface area contributed by atoms with Crippen molar-refractivity contribution in [3.05, 3.63) is 34.1 Å². The van der Waals surface area contributed by atoms with Crippen molar-refractivity contribution in [1.82, 2.24) is 4.90 Å². The van der Waals surface area contributed by atoms with E-state index in [4.69, 9.17) is 5.73 Å². The predicted molar refractivity (Wildman–Crippen MR) is 75.8 cm³/mol. The molecule has 0 bridgehead atoms. The molecule has 0 aromatic heterocycles. The lowest BCUT2D eigenvalue weighted by Gasteiger charge is -2.39. The van der Waals surface area contributed by atoms with Crippen molar-refractivity contribution in [3.8, 4) is 0 Å². The lowest BCUT2D eigenvalue weighted by atomic mass is 9.90. The van der Waals surface area contributed by atoms with Gasteiger partial charge in [-0.3, -0.25) is 4.90 Å². The number of likely N-dealkylation sites (tertiary alicyclic amines) is 1. The van der Waals surface area contributed by atoms with Crippen LogP contribution < -0.4 is 5.73 Å². The van der Waals surface area contributed by atoms with E-state index in [-0.39, 0.29) is 5.82 Å². The van der Waals surface area contributed by atoms with E-state index in [2.05, 4.69) is 27.8 Å². The van der Waals surface area contributed by atoms with Crippen molar-refractivity contribution in [2.75, 3.05) is 13.1 Å². The Balaban J connectivity index is 2.14. The summed E-state index contributed by atoms with van der Waals surface area (Å²) in [7, 11) is 0. The summed E-state index contributed by atoms with van der Waals surface area (Å²) in [5, 5.41) is 0. The molecule has 0 amide bonds. The first-order valence-corrected chi connectivity index (χ1v) is 7.29. The molecule has 1 aromatic carbocycles. The molecule has 1 aromatic rings. The Kier molecular flexibility index (Phi) is 4.76. The summed E-state index contributed by atoms with van der Waals surface area (Å²) in [4.78, 5) is 2.38. The Morgan fingerprint density at radius 3 is 3.00 bits per heavy atom. The van der Waals surface area contributed by atoms with Crippen molar-refractivity contribution < 1.29 is 4.39 Å². The first-order valence-electron chi connectivity index (χ1n) is 6.50. The molecule has 2 nitrogen and oxygen atoms in total. The third-order valence-corrected chi connectivity index (χ3v) is 4.63. The van der Waals surface area contributed by atoms with Gasteiger partial charge in [0, 0.05) is 23.6 Å². The van der Waals surface area contributed by atoms with Gasteiger partial charge in [0.05, 0.1) is 0 Å². The second kappa shape index (κ2) is 6.13. The van der Waals surface area contributed by atoms with Gasteiger partial charge in [0.2, 0.25) is 0 Å². The van der Waals surface area contributed by atoms with Gasteiger partial charge >= 0.3 is 0 Å². The molecule has 1 aliphatic heterocycles. The largest absolute Gasteiger partial charge is 0.329 e. The zero-order valence-electron chi connectivity index (χ0n) is 10.7. The van der Waals surface area contributed by atoms with Crippen LogP contribution in [0.5, 0.6) is 0 Å². The van der Waals surface area contributed by atoms with Gasteiger partial charge in [-0.15, -0.1) is 0 Å². The normalized spacial score (nSPS) is 25.3. The monoisotopic (exact) mass is 314 g/mol. The highest BCUT2D eigenvalue weighted by Crippen LogP contribution is 2.26. The van der Waals surface area contributed by atoms with Gasteiger partial charge in [-0.2, -0.15) is 0 Å². The molecule has 0 spiro atoms. The Morgan fingerprint density at radius 2 is 2.28 bits per heavy atom. The van der Waals surface area contributed by atoms with Crippen LogP contribution in [-0.2, 0) is 6.54 Å². The summed E-state index contributed by atoms with van der Waals surface area (Å²) in [5.74, 6) is 0.443. The fraction of sp³-hybridized carbons (Fsp3) is 0.571. The summed E-state index contributed by atoms with van der Waals surface area (Å²) in [5.41, 5.74) is 6.88. The highest BCUT2D eigenvalue weighted by Gasteiger charge is 2.27. The van der Waals surface area contributed by atoms with Crippen LogP contribution in [0.4, 0.5) is 4.39 Å². The zero-order chi connectivity index (χ0) is 13.1. The number of nitrogens with two attached hydrogens (primary N) is 1. The first kappa shape index (κ1) is 14.0. The molecule has 18 heavy (non-hydrogen) atoms. The van der Waals surface area contributed by atoms with Crippen LogP contribution in [0.2, 0.25) is 0 Å². The lowest BCUT2D eigenvalue weighted by Crippen LogP contribution is -2.48. The first-order chi connectivity index (χ1) is 8.61. The SMILES string of the molecule is CC1CCCN(Cc2cc(F)ccc2Br)C1CN. The number of benzene rings is 1. The molecule has 1 saturated heterocycles. The Labute approximate surface area is 116 Å². The van der Waals surface area contributed by atoms with Crippen LogP contribution in [0, 0.1) is 11.7 Å². The van der Waals surface area contributed by atoms with E-state index in [0.717, 1.165) is 23.1 Å². The fourth-order valence-corrected chi connectivity index (χ4v) is 3.17. The van der Waals surface area contributed by atoms with Gasteiger partial charge in [-0.05, 0) is 49.1 Å². The van der Waals surface area contributed by atoms with Crippen LogP contribution in [-0.4, -0.2) is 24.0 Å². The van der Waals surface area contributed by atoms with Crippen molar-refractivity contribution >= 4 is 15.9 Å². The molecule has 1 fully saturated rings. The zero-order valence-corrected chi connectivity index (χ0v) is 12.3. The van der Waals surface area contributed by atoms with E-state index in [1.54, 1.807) is 12.1 Å². The number of hydrogen-bond donors (Lipinski definition) is 1. The molecular weight excluding hydrogens is 295 g/mol. The van der Waals surface area contributed by atoms with Gasteiger partial charge < -0.3 is 5.73 Å². The average molecular weight is 315 g/mol. The van der Waals surface area contributed by atoms with Crippen molar-refractivity contribution in [2.45, 2.75) is 32.4 Å². The van der Waals surface area contributed by atoms with E-state index in [1.807, 2.05) is 0 Å². The molecule has 2 rings (SSSR count). The van der Waals surface area contributed by atoms with Gasteiger partial charge in [-0.1, -0.05) is 22.9 Å². The van der Waals surface area contributed by atoms with E-state index in [0.29, 0.717) is 18.5 Å². The Morgan fingerprint density at radius 1 is 1.50 bits per heavy atom. The Hall–Kier alpha value is -0.450. The second-order valence-electron chi connectivity index (χ2n) is 5.13. The summed E-state index contributed by atoms with van der Waals surface area (Å²) in [6, 6.07) is 5.27. The fourth-order valence-electron chi connectivity index (χ4n) is 2.80. The minimum atomic E-state index is -0.178. The second-order valence-corrected chi connectivity index (χ2v) is 5.98. The third kappa shape index (κ3) is 3.11. The van der Waals surface area contributed by atoms with Gasteiger partial charge in [0.1, 0.15) is 5.82 Å². The summed E-state index contributed by atoms with van der Waals surface area (Å²) < 4.78 is 14.3. The molecule has 0 radical (unpaired) electrons. The number of rotatable bonds is 3. The molecule has 2 atom stereocenters. The highest BCUT2D eigenvalue weighted by molar-refractivity contribution is 9.10. The molecule has 2 N–H and O–H groups in total. The minimum Gasteiger partial charge on any atom is -0.329 e. The molecule has 100 valence electrons. The number of halogens is 2. The van der Waals surface area contributed by atoms with Gasteiger partial charge in [-0.25, -0.2) is 4.39 Å². The van der Waals surface area contributed by atoms with Crippen LogP contribution in [0.1, 0.15) is 25.3 Å². The average Bonchev–Trinajstić information content (AvgIpc) is 2.34. The maximum absolute atomic E-state index is 13.3. The number of nitrogens with zero attached hydrogens (tertiary/aromatic N) is 1. The van der Waals surface area contributed by atoms with E-state index in [9.17, 15) is 4.39 Å². The molecule has 1 aliphatic rings. The number of piperidine rings is 1. The molecule has 4 heteroatoms. The molecule has 2 unspecified atom stereocenters. The standard InChI is InChI=1S/C14H20BrFN2/c1-10-3-2-6-18(14(10)8-17)9-11-7-12(16)4-5-13(11)15/h4-5,7,10,14H,2-3,6,8-9,17H2,1H3. The molecule has 1 heterocycles. The smallest absolute Gasteiger partial charge is 0.123 e. The topological polar surface area (TPSA) is 29.3 Å². The lowest BCUT2D eigenvalue weighted by molar-refractivity contribution is 0.0988. The highest BCUT2D eigenvalue weighted by atomic mass is 79.9. The van der Waals surface area contributed by atoms with E-state index in [1.165, 1.54) is 18.9 Å². The summed E-state index contributed by atoms with van der Waals surface area (Å²) >= 11 is 3.49. The maximum atomic E-state index is 13.3. The van der Waals surface area contributed by atoms with Crippen LogP contribution in [0.25, 0.3) is 0 Å². The van der Waals surface area contributed by atoms with Crippen LogP contribution in [0.15, 0.2) is 22.7 Å². The third-order valence-electron chi connectivity index (χ3n) is 3.85.